The maximum atomic E-state index is 5.68. The molecule has 25 heavy (non-hydrogen) atoms. The second kappa shape index (κ2) is 9.05. The zero-order valence-corrected chi connectivity index (χ0v) is 14.7. The molecule has 0 saturated carbocycles. The average Bonchev–Trinajstić information content (AvgIpc) is 3.08. The van der Waals surface area contributed by atoms with Crippen molar-refractivity contribution in [3.8, 4) is 5.75 Å². The van der Waals surface area contributed by atoms with E-state index in [4.69, 9.17) is 4.74 Å². The van der Waals surface area contributed by atoms with E-state index in [1.165, 1.54) is 12.8 Å². The van der Waals surface area contributed by atoms with Crippen molar-refractivity contribution in [3.63, 3.8) is 0 Å². The highest BCUT2D eigenvalue weighted by Gasteiger charge is 2.15. The third kappa shape index (κ3) is 4.95. The minimum Gasteiger partial charge on any atom is -0.494 e. The molecule has 7 heteroatoms. The molecule has 0 atom stereocenters. The fraction of sp³-hybridized carbons (Fsp3) is 0.500. The number of rotatable bonds is 7. The standard InChI is InChI=1S/C18H26N6O/c1-19-18(20-11-7-13-25-15-8-3-2-4-9-15)21-14-17-23-22-16-10-5-6-12-24(16)17/h2-4,8-9H,5-7,10-14H2,1H3,(H2,19,20,21). The summed E-state index contributed by atoms with van der Waals surface area (Å²) < 4.78 is 7.90. The Morgan fingerprint density at radius 2 is 2.08 bits per heavy atom. The summed E-state index contributed by atoms with van der Waals surface area (Å²) in [4.78, 5) is 4.25. The van der Waals surface area contributed by atoms with Crippen LogP contribution < -0.4 is 15.4 Å². The van der Waals surface area contributed by atoms with Crippen molar-refractivity contribution in [3.05, 3.63) is 42.0 Å². The van der Waals surface area contributed by atoms with Crippen LogP contribution in [-0.2, 0) is 19.5 Å². The summed E-state index contributed by atoms with van der Waals surface area (Å²) in [6.07, 6.45) is 4.34. The van der Waals surface area contributed by atoms with Gasteiger partial charge in [0.1, 0.15) is 11.6 Å². The molecule has 1 aliphatic rings. The number of aryl methyl sites for hydroxylation is 1. The molecule has 0 spiro atoms. The van der Waals surface area contributed by atoms with Gasteiger partial charge in [0.2, 0.25) is 0 Å². The molecule has 2 heterocycles. The second-order valence-corrected chi connectivity index (χ2v) is 6.01. The van der Waals surface area contributed by atoms with Gasteiger partial charge in [0, 0.05) is 26.6 Å². The van der Waals surface area contributed by atoms with Crippen molar-refractivity contribution in [1.82, 2.24) is 25.4 Å². The highest BCUT2D eigenvalue weighted by molar-refractivity contribution is 5.79. The van der Waals surface area contributed by atoms with Crippen LogP contribution in [0.4, 0.5) is 0 Å². The fourth-order valence-electron chi connectivity index (χ4n) is 2.87. The summed E-state index contributed by atoms with van der Waals surface area (Å²) in [7, 11) is 1.77. The lowest BCUT2D eigenvalue weighted by molar-refractivity contribution is 0.311. The Morgan fingerprint density at radius 1 is 1.20 bits per heavy atom. The average molecular weight is 342 g/mol. The van der Waals surface area contributed by atoms with Crippen molar-refractivity contribution in [2.24, 2.45) is 4.99 Å². The number of aliphatic imine (C=N–C) groups is 1. The zero-order chi connectivity index (χ0) is 17.3. The molecule has 1 aromatic heterocycles. The monoisotopic (exact) mass is 342 g/mol. The van der Waals surface area contributed by atoms with Crippen LogP contribution in [0.25, 0.3) is 0 Å². The number of fused-ring (bicyclic) bond motifs is 1. The first-order valence-corrected chi connectivity index (χ1v) is 8.90. The molecule has 0 bridgehead atoms. The first-order valence-electron chi connectivity index (χ1n) is 8.90. The van der Waals surface area contributed by atoms with E-state index in [1.54, 1.807) is 7.05 Å². The molecule has 2 aromatic rings. The Labute approximate surface area is 148 Å². The topological polar surface area (TPSA) is 76.4 Å². The van der Waals surface area contributed by atoms with Crippen LogP contribution in [-0.4, -0.2) is 40.9 Å². The van der Waals surface area contributed by atoms with Crippen molar-refractivity contribution in [2.75, 3.05) is 20.2 Å². The summed E-state index contributed by atoms with van der Waals surface area (Å²) in [5.74, 6) is 3.75. The number of guanidine groups is 1. The molecular formula is C18H26N6O. The van der Waals surface area contributed by atoms with Crippen molar-refractivity contribution in [1.29, 1.82) is 0 Å². The number of aromatic nitrogens is 3. The Balaban J connectivity index is 1.36. The normalized spacial score (nSPS) is 14.0. The van der Waals surface area contributed by atoms with Crippen LogP contribution in [0, 0.1) is 0 Å². The van der Waals surface area contributed by atoms with Crippen LogP contribution in [0.5, 0.6) is 5.75 Å². The maximum Gasteiger partial charge on any atom is 0.191 e. The number of benzene rings is 1. The van der Waals surface area contributed by atoms with E-state index < -0.39 is 0 Å². The number of hydrogen-bond acceptors (Lipinski definition) is 4. The highest BCUT2D eigenvalue weighted by Crippen LogP contribution is 2.13. The lowest BCUT2D eigenvalue weighted by Gasteiger charge is -2.16. The zero-order valence-electron chi connectivity index (χ0n) is 14.7. The molecule has 1 aliphatic heterocycles. The smallest absolute Gasteiger partial charge is 0.191 e. The summed E-state index contributed by atoms with van der Waals surface area (Å²) in [6, 6.07) is 9.86. The Hall–Kier alpha value is -2.57. The number of nitrogens with zero attached hydrogens (tertiary/aromatic N) is 4. The Kier molecular flexibility index (Phi) is 6.25. The minimum atomic E-state index is 0.632. The third-order valence-corrected chi connectivity index (χ3v) is 4.20. The number of nitrogens with one attached hydrogen (secondary N) is 2. The van der Waals surface area contributed by atoms with Gasteiger partial charge < -0.3 is 19.9 Å². The number of hydrogen-bond donors (Lipinski definition) is 2. The van der Waals surface area contributed by atoms with E-state index in [1.807, 2.05) is 30.3 Å². The summed E-state index contributed by atoms with van der Waals surface area (Å²) in [6.45, 7) is 3.12. The molecule has 7 nitrogen and oxygen atoms in total. The van der Waals surface area contributed by atoms with E-state index in [0.29, 0.717) is 13.2 Å². The molecule has 0 aliphatic carbocycles. The molecule has 0 radical (unpaired) electrons. The molecular weight excluding hydrogens is 316 g/mol. The first kappa shape index (κ1) is 17.3. The third-order valence-electron chi connectivity index (χ3n) is 4.20. The van der Waals surface area contributed by atoms with Crippen LogP contribution in [0.2, 0.25) is 0 Å². The Bertz CT molecular complexity index is 682. The van der Waals surface area contributed by atoms with Gasteiger partial charge in [-0.15, -0.1) is 10.2 Å². The highest BCUT2D eigenvalue weighted by atomic mass is 16.5. The lowest BCUT2D eigenvalue weighted by atomic mass is 10.2. The predicted octanol–water partition coefficient (Wildman–Crippen LogP) is 1.75. The predicted molar refractivity (Wildman–Crippen MR) is 97.7 cm³/mol. The van der Waals surface area contributed by atoms with Gasteiger partial charge in [-0.2, -0.15) is 0 Å². The number of para-hydroxylation sites is 1. The van der Waals surface area contributed by atoms with Crippen LogP contribution in [0.15, 0.2) is 35.3 Å². The van der Waals surface area contributed by atoms with Crippen molar-refractivity contribution in [2.45, 2.75) is 38.8 Å². The largest absolute Gasteiger partial charge is 0.494 e. The van der Waals surface area contributed by atoms with Crippen LogP contribution in [0.3, 0.4) is 0 Å². The lowest BCUT2D eigenvalue weighted by Crippen LogP contribution is -2.38. The fourth-order valence-corrected chi connectivity index (χ4v) is 2.87. The van der Waals surface area contributed by atoms with Gasteiger partial charge in [-0.05, 0) is 31.4 Å². The van der Waals surface area contributed by atoms with Gasteiger partial charge in [0.25, 0.3) is 0 Å². The van der Waals surface area contributed by atoms with E-state index >= 15 is 0 Å². The molecule has 1 aromatic carbocycles. The molecule has 0 amide bonds. The van der Waals surface area contributed by atoms with Crippen molar-refractivity contribution >= 4 is 5.96 Å². The quantitative estimate of drug-likeness (QED) is 0.455. The molecule has 134 valence electrons. The number of ether oxygens (including phenoxy) is 1. The summed E-state index contributed by atoms with van der Waals surface area (Å²) in [5.41, 5.74) is 0. The molecule has 2 N–H and O–H groups in total. The first-order chi connectivity index (χ1) is 12.4. The molecule has 0 unspecified atom stereocenters. The summed E-state index contributed by atoms with van der Waals surface area (Å²) in [5, 5.41) is 15.2. The van der Waals surface area contributed by atoms with E-state index in [0.717, 1.165) is 49.3 Å². The molecule has 3 rings (SSSR count). The van der Waals surface area contributed by atoms with Gasteiger partial charge in [-0.1, -0.05) is 18.2 Å². The van der Waals surface area contributed by atoms with Gasteiger partial charge in [-0.25, -0.2) is 0 Å². The Morgan fingerprint density at radius 3 is 2.92 bits per heavy atom. The second-order valence-electron chi connectivity index (χ2n) is 6.01. The van der Waals surface area contributed by atoms with Gasteiger partial charge in [0.15, 0.2) is 11.8 Å². The molecule has 0 fully saturated rings. The van der Waals surface area contributed by atoms with Crippen LogP contribution >= 0.6 is 0 Å². The minimum absolute atomic E-state index is 0.632. The van der Waals surface area contributed by atoms with Gasteiger partial charge in [-0.3, -0.25) is 4.99 Å². The van der Waals surface area contributed by atoms with E-state index in [2.05, 4.69) is 30.4 Å². The summed E-state index contributed by atoms with van der Waals surface area (Å²) >= 11 is 0. The molecule has 0 saturated heterocycles. The SMILES string of the molecule is CN=C(NCCCOc1ccccc1)NCc1nnc2n1CCCC2. The van der Waals surface area contributed by atoms with E-state index in [-0.39, 0.29) is 0 Å². The van der Waals surface area contributed by atoms with Crippen LogP contribution in [0.1, 0.15) is 30.9 Å². The maximum absolute atomic E-state index is 5.68. The van der Waals surface area contributed by atoms with E-state index in [9.17, 15) is 0 Å². The van der Waals surface area contributed by atoms with Gasteiger partial charge in [0.05, 0.1) is 13.2 Å². The van der Waals surface area contributed by atoms with Gasteiger partial charge >= 0.3 is 0 Å². The van der Waals surface area contributed by atoms with Crippen molar-refractivity contribution < 1.29 is 4.74 Å².